The summed E-state index contributed by atoms with van der Waals surface area (Å²) in [5.41, 5.74) is 0.531. The molecule has 1 unspecified atom stereocenters. The molecule has 2 aromatic rings. The molecule has 1 aliphatic heterocycles. The van der Waals surface area contributed by atoms with Crippen molar-refractivity contribution < 1.29 is 18.4 Å². The number of rotatable bonds is 4. The van der Waals surface area contributed by atoms with Crippen LogP contribution >= 0.6 is 0 Å². The summed E-state index contributed by atoms with van der Waals surface area (Å²) in [4.78, 5) is 29.2. The van der Waals surface area contributed by atoms with Crippen molar-refractivity contribution >= 4 is 11.9 Å². The van der Waals surface area contributed by atoms with Gasteiger partial charge in [0.25, 0.3) is 0 Å². The lowest BCUT2D eigenvalue weighted by Crippen LogP contribution is -2.54. The van der Waals surface area contributed by atoms with Gasteiger partial charge >= 0.3 is 6.03 Å². The maximum absolute atomic E-state index is 14.7. The molecule has 0 fully saturated rings. The van der Waals surface area contributed by atoms with Gasteiger partial charge in [-0.1, -0.05) is 6.07 Å². The predicted molar refractivity (Wildman–Crippen MR) is 114 cm³/mol. The summed E-state index contributed by atoms with van der Waals surface area (Å²) in [5, 5.41) is 2.89. The highest BCUT2D eigenvalue weighted by atomic mass is 19.1. The van der Waals surface area contributed by atoms with Gasteiger partial charge in [0.05, 0.1) is 0 Å². The number of urea groups is 1. The molecule has 1 aromatic heterocycles. The smallest absolute Gasteiger partial charge is 0.318 e. The molecule has 31 heavy (non-hydrogen) atoms. The van der Waals surface area contributed by atoms with Crippen molar-refractivity contribution in [3.63, 3.8) is 0 Å². The molecule has 0 aliphatic carbocycles. The molecule has 8 heteroatoms. The van der Waals surface area contributed by atoms with Crippen LogP contribution in [0, 0.1) is 11.6 Å². The highest BCUT2D eigenvalue weighted by molar-refractivity contribution is 5.85. The second-order valence-electron chi connectivity index (χ2n) is 9.18. The van der Waals surface area contributed by atoms with Gasteiger partial charge in [-0.05, 0) is 52.8 Å². The topological polar surface area (TPSA) is 57.6 Å². The summed E-state index contributed by atoms with van der Waals surface area (Å²) in [6.45, 7) is 10.1. The van der Waals surface area contributed by atoms with E-state index in [9.17, 15) is 18.4 Å². The van der Waals surface area contributed by atoms with Crippen LogP contribution in [0.2, 0.25) is 0 Å². The Labute approximate surface area is 181 Å². The van der Waals surface area contributed by atoms with E-state index in [1.807, 2.05) is 57.5 Å². The Morgan fingerprint density at radius 3 is 2.52 bits per heavy atom. The van der Waals surface area contributed by atoms with Crippen LogP contribution in [-0.2, 0) is 11.3 Å². The van der Waals surface area contributed by atoms with Crippen LogP contribution in [0.25, 0.3) is 0 Å². The first-order chi connectivity index (χ1) is 14.5. The molecule has 1 aliphatic rings. The predicted octanol–water partition coefficient (Wildman–Crippen LogP) is 3.92. The monoisotopic (exact) mass is 432 g/mol. The zero-order valence-electron chi connectivity index (χ0n) is 18.7. The van der Waals surface area contributed by atoms with Gasteiger partial charge in [0.15, 0.2) is 0 Å². The van der Waals surface area contributed by atoms with E-state index in [2.05, 4.69) is 5.32 Å². The highest BCUT2D eigenvalue weighted by Crippen LogP contribution is 2.34. The number of benzene rings is 1. The number of amides is 3. The number of carbonyl (C=O) groups excluding carboxylic acids is 2. The fourth-order valence-electron chi connectivity index (χ4n) is 3.82. The van der Waals surface area contributed by atoms with Crippen LogP contribution in [0.15, 0.2) is 36.5 Å². The summed E-state index contributed by atoms with van der Waals surface area (Å²) >= 11 is 0. The van der Waals surface area contributed by atoms with Crippen LogP contribution < -0.4 is 5.32 Å². The van der Waals surface area contributed by atoms with Gasteiger partial charge in [0.1, 0.15) is 24.2 Å². The van der Waals surface area contributed by atoms with E-state index >= 15 is 0 Å². The lowest BCUT2D eigenvalue weighted by molar-refractivity contribution is -0.135. The number of hydrogen-bond donors (Lipinski definition) is 1. The lowest BCUT2D eigenvalue weighted by Gasteiger charge is -2.39. The fourth-order valence-corrected chi connectivity index (χ4v) is 3.82. The fraction of sp³-hybridized carbons (Fsp3) is 0.478. The van der Waals surface area contributed by atoms with E-state index < -0.39 is 23.2 Å². The first kappa shape index (κ1) is 22.8. The summed E-state index contributed by atoms with van der Waals surface area (Å²) < 4.78 is 30.2. The quantitative estimate of drug-likeness (QED) is 0.796. The van der Waals surface area contributed by atoms with Crippen LogP contribution in [0.1, 0.15) is 51.9 Å². The summed E-state index contributed by atoms with van der Waals surface area (Å²) in [6, 6.07) is 5.84. The molecule has 1 atom stereocenters. The molecular formula is C23H30F2N4O2. The molecule has 2 heterocycles. The van der Waals surface area contributed by atoms with E-state index in [0.717, 1.165) is 11.8 Å². The number of nitrogens with one attached hydrogen (secondary N) is 1. The van der Waals surface area contributed by atoms with Crippen molar-refractivity contribution in [2.45, 2.75) is 58.8 Å². The summed E-state index contributed by atoms with van der Waals surface area (Å²) in [6.07, 6.45) is 1.88. The molecule has 0 saturated carbocycles. The number of halogens is 2. The Morgan fingerprint density at radius 1 is 1.19 bits per heavy atom. The minimum absolute atomic E-state index is 0.139. The number of fused-ring (bicyclic) bond motifs is 1. The number of aromatic nitrogens is 1. The average Bonchev–Trinajstić information content (AvgIpc) is 3.12. The Hall–Kier alpha value is -2.90. The van der Waals surface area contributed by atoms with Gasteiger partial charge in [-0.25, -0.2) is 13.6 Å². The maximum atomic E-state index is 14.7. The molecule has 0 radical (unpaired) electrons. The first-order valence-corrected chi connectivity index (χ1v) is 10.5. The first-order valence-electron chi connectivity index (χ1n) is 10.5. The van der Waals surface area contributed by atoms with Gasteiger partial charge in [-0.15, -0.1) is 0 Å². The van der Waals surface area contributed by atoms with Crippen molar-refractivity contribution in [3.8, 4) is 0 Å². The van der Waals surface area contributed by atoms with Gasteiger partial charge < -0.3 is 19.7 Å². The van der Waals surface area contributed by atoms with E-state index in [4.69, 9.17) is 0 Å². The van der Waals surface area contributed by atoms with Crippen LogP contribution in [-0.4, -0.2) is 51.0 Å². The average molecular weight is 433 g/mol. The van der Waals surface area contributed by atoms with Crippen LogP contribution in [0.4, 0.5) is 13.6 Å². The van der Waals surface area contributed by atoms with E-state index in [-0.39, 0.29) is 30.1 Å². The van der Waals surface area contributed by atoms with Crippen molar-refractivity contribution in [2.75, 3.05) is 13.1 Å². The third-order valence-corrected chi connectivity index (χ3v) is 5.29. The standard InChI is InChI=1S/C23H30F2N4O2/c1-15(2)29(22(31)26-23(3,4)5)14-20(30)28-12-11-27-10-6-7-19(27)21(28)17-9-8-16(24)13-18(17)25/h6-10,13,15,21H,11-12,14H2,1-5H3,(H,26,31). The van der Waals surface area contributed by atoms with E-state index in [1.54, 1.807) is 4.90 Å². The van der Waals surface area contributed by atoms with E-state index in [1.165, 1.54) is 17.0 Å². The molecule has 0 spiro atoms. The second-order valence-corrected chi connectivity index (χ2v) is 9.18. The Balaban J connectivity index is 1.92. The molecule has 6 nitrogen and oxygen atoms in total. The van der Waals surface area contributed by atoms with Gasteiger partial charge in [-0.3, -0.25) is 4.79 Å². The van der Waals surface area contributed by atoms with Crippen molar-refractivity contribution in [2.24, 2.45) is 0 Å². The van der Waals surface area contributed by atoms with Crippen LogP contribution in [0.3, 0.4) is 0 Å². The van der Waals surface area contributed by atoms with E-state index in [0.29, 0.717) is 13.1 Å². The molecule has 3 amide bonds. The Morgan fingerprint density at radius 2 is 1.90 bits per heavy atom. The van der Waals surface area contributed by atoms with Crippen molar-refractivity contribution in [3.05, 3.63) is 59.4 Å². The van der Waals surface area contributed by atoms with Gasteiger partial charge in [0, 0.05) is 48.2 Å². The van der Waals surface area contributed by atoms with Crippen LogP contribution in [0.5, 0.6) is 0 Å². The van der Waals surface area contributed by atoms with Gasteiger partial charge in [0.2, 0.25) is 5.91 Å². The van der Waals surface area contributed by atoms with Gasteiger partial charge in [-0.2, -0.15) is 0 Å². The summed E-state index contributed by atoms with van der Waals surface area (Å²) in [7, 11) is 0. The molecular weight excluding hydrogens is 402 g/mol. The molecule has 168 valence electrons. The minimum Gasteiger partial charge on any atom is -0.348 e. The largest absolute Gasteiger partial charge is 0.348 e. The lowest BCUT2D eigenvalue weighted by atomic mass is 9.99. The number of nitrogens with zero attached hydrogens (tertiary/aromatic N) is 3. The molecule has 0 saturated heterocycles. The zero-order chi connectivity index (χ0) is 22.9. The number of hydrogen-bond acceptors (Lipinski definition) is 2. The molecule has 1 N–H and O–H groups in total. The van der Waals surface area contributed by atoms with Crippen molar-refractivity contribution in [1.29, 1.82) is 0 Å². The Bertz CT molecular complexity index is 965. The molecule has 1 aromatic carbocycles. The SMILES string of the molecule is CC(C)N(CC(=O)N1CCn2cccc2C1c1ccc(F)cc1F)C(=O)NC(C)(C)C. The highest BCUT2D eigenvalue weighted by Gasteiger charge is 2.35. The molecule has 0 bridgehead atoms. The summed E-state index contributed by atoms with van der Waals surface area (Å²) in [5.74, 6) is -1.67. The normalized spacial score (nSPS) is 16.3. The minimum atomic E-state index is -0.705. The van der Waals surface area contributed by atoms with Crippen molar-refractivity contribution in [1.82, 2.24) is 19.7 Å². The third-order valence-electron chi connectivity index (χ3n) is 5.29. The zero-order valence-corrected chi connectivity index (χ0v) is 18.7. The second kappa shape index (κ2) is 8.69. The number of carbonyl (C=O) groups is 2. The third kappa shape index (κ3) is 5.06. The Kier molecular flexibility index (Phi) is 6.38. The maximum Gasteiger partial charge on any atom is 0.318 e. The molecule has 3 rings (SSSR count).